The predicted octanol–water partition coefficient (Wildman–Crippen LogP) is 4.01. The average Bonchev–Trinajstić information content (AvgIpc) is 2.91. The Labute approximate surface area is 132 Å². The molecule has 5 heteroatoms. The normalized spacial score (nSPS) is 12.1. The first-order valence-corrected chi connectivity index (χ1v) is 7.84. The standard InChI is InChI=1S/C17H16N2O2S/c1-11-7-3-5-9-14(11)21-12(2)16(20)19-17-18-13-8-4-6-10-15(13)22-17/h3-10,12H,1-2H3,(H,18,19,20). The molecule has 0 aliphatic heterocycles. The molecule has 0 fully saturated rings. The second-order valence-electron chi connectivity index (χ2n) is 5.00. The number of fused-ring (bicyclic) bond motifs is 1. The number of aryl methyl sites for hydroxylation is 1. The Hall–Kier alpha value is -2.40. The minimum absolute atomic E-state index is 0.206. The van der Waals surface area contributed by atoms with E-state index in [9.17, 15) is 4.79 Å². The molecule has 0 spiro atoms. The van der Waals surface area contributed by atoms with E-state index >= 15 is 0 Å². The van der Waals surface area contributed by atoms with Crippen LogP contribution >= 0.6 is 11.3 Å². The second kappa shape index (κ2) is 6.15. The lowest BCUT2D eigenvalue weighted by Gasteiger charge is -2.15. The van der Waals surface area contributed by atoms with Crippen LogP contribution in [-0.4, -0.2) is 17.0 Å². The van der Waals surface area contributed by atoms with Crippen molar-refractivity contribution in [3.8, 4) is 5.75 Å². The quantitative estimate of drug-likeness (QED) is 0.792. The van der Waals surface area contributed by atoms with Crippen LogP contribution in [0.2, 0.25) is 0 Å². The molecule has 1 heterocycles. The van der Waals surface area contributed by atoms with E-state index < -0.39 is 6.10 Å². The number of aromatic nitrogens is 1. The summed E-state index contributed by atoms with van der Waals surface area (Å²) in [5, 5.41) is 3.40. The molecule has 1 atom stereocenters. The van der Waals surface area contributed by atoms with Gasteiger partial charge in [0, 0.05) is 0 Å². The van der Waals surface area contributed by atoms with Crippen LogP contribution in [0, 0.1) is 6.92 Å². The van der Waals surface area contributed by atoms with Crippen LogP contribution in [-0.2, 0) is 4.79 Å². The van der Waals surface area contributed by atoms with Gasteiger partial charge in [-0.1, -0.05) is 41.7 Å². The number of hydrogen-bond donors (Lipinski definition) is 1. The van der Waals surface area contributed by atoms with Gasteiger partial charge in [-0.2, -0.15) is 0 Å². The highest BCUT2D eigenvalue weighted by Crippen LogP contribution is 2.25. The fourth-order valence-electron chi connectivity index (χ4n) is 2.07. The molecule has 3 rings (SSSR count). The van der Waals surface area contributed by atoms with E-state index in [0.717, 1.165) is 21.5 Å². The highest BCUT2D eigenvalue weighted by Gasteiger charge is 2.17. The van der Waals surface area contributed by atoms with Gasteiger partial charge >= 0.3 is 0 Å². The van der Waals surface area contributed by atoms with E-state index in [1.165, 1.54) is 11.3 Å². The Morgan fingerprint density at radius 3 is 2.68 bits per heavy atom. The van der Waals surface area contributed by atoms with Crippen molar-refractivity contribution < 1.29 is 9.53 Å². The van der Waals surface area contributed by atoms with E-state index in [0.29, 0.717) is 5.13 Å². The summed E-state index contributed by atoms with van der Waals surface area (Å²) in [6, 6.07) is 15.4. The van der Waals surface area contributed by atoms with Gasteiger partial charge in [0.1, 0.15) is 5.75 Å². The Balaban J connectivity index is 1.69. The van der Waals surface area contributed by atoms with Crippen molar-refractivity contribution in [2.45, 2.75) is 20.0 Å². The molecule has 1 amide bonds. The highest BCUT2D eigenvalue weighted by atomic mass is 32.1. The van der Waals surface area contributed by atoms with E-state index in [4.69, 9.17) is 4.74 Å². The third-order valence-corrected chi connectivity index (χ3v) is 4.24. The fraction of sp³-hybridized carbons (Fsp3) is 0.176. The third kappa shape index (κ3) is 3.09. The monoisotopic (exact) mass is 312 g/mol. The fourth-order valence-corrected chi connectivity index (χ4v) is 2.93. The van der Waals surface area contributed by atoms with Crippen molar-refractivity contribution in [1.29, 1.82) is 0 Å². The van der Waals surface area contributed by atoms with Crippen LogP contribution in [0.3, 0.4) is 0 Å². The smallest absolute Gasteiger partial charge is 0.266 e. The van der Waals surface area contributed by atoms with E-state index in [1.807, 2.05) is 55.5 Å². The number of amides is 1. The minimum Gasteiger partial charge on any atom is -0.481 e. The Morgan fingerprint density at radius 1 is 1.18 bits per heavy atom. The number of hydrogen-bond acceptors (Lipinski definition) is 4. The molecular weight excluding hydrogens is 296 g/mol. The van der Waals surface area contributed by atoms with Gasteiger partial charge in [-0.3, -0.25) is 10.1 Å². The van der Waals surface area contributed by atoms with Crippen LogP contribution in [0.1, 0.15) is 12.5 Å². The van der Waals surface area contributed by atoms with Crippen molar-refractivity contribution in [2.75, 3.05) is 5.32 Å². The molecule has 112 valence electrons. The van der Waals surface area contributed by atoms with Crippen molar-refractivity contribution in [1.82, 2.24) is 4.98 Å². The molecule has 1 aromatic heterocycles. The summed E-state index contributed by atoms with van der Waals surface area (Å²) in [7, 11) is 0. The SMILES string of the molecule is Cc1ccccc1OC(C)C(=O)Nc1nc2ccccc2s1. The lowest BCUT2D eigenvalue weighted by atomic mass is 10.2. The van der Waals surface area contributed by atoms with Crippen LogP contribution in [0.15, 0.2) is 48.5 Å². The number of para-hydroxylation sites is 2. The molecule has 0 saturated carbocycles. The summed E-state index contributed by atoms with van der Waals surface area (Å²) < 4.78 is 6.76. The van der Waals surface area contributed by atoms with Gasteiger partial charge in [-0.25, -0.2) is 4.98 Å². The average molecular weight is 312 g/mol. The number of anilines is 1. The number of carbonyl (C=O) groups excluding carboxylic acids is 1. The lowest BCUT2D eigenvalue weighted by molar-refractivity contribution is -0.122. The summed E-state index contributed by atoms with van der Waals surface area (Å²) >= 11 is 1.45. The number of rotatable bonds is 4. The van der Waals surface area contributed by atoms with Crippen LogP contribution in [0.25, 0.3) is 10.2 Å². The summed E-state index contributed by atoms with van der Waals surface area (Å²) in [6.07, 6.45) is -0.590. The molecule has 4 nitrogen and oxygen atoms in total. The maximum Gasteiger partial charge on any atom is 0.266 e. The van der Waals surface area contributed by atoms with E-state index in [1.54, 1.807) is 6.92 Å². The van der Waals surface area contributed by atoms with Crippen molar-refractivity contribution in [3.63, 3.8) is 0 Å². The minimum atomic E-state index is -0.590. The van der Waals surface area contributed by atoms with Gasteiger partial charge in [-0.15, -0.1) is 0 Å². The third-order valence-electron chi connectivity index (χ3n) is 3.29. The topological polar surface area (TPSA) is 51.2 Å². The summed E-state index contributed by atoms with van der Waals surface area (Å²) in [4.78, 5) is 16.6. The van der Waals surface area contributed by atoms with Crippen molar-refractivity contribution in [2.24, 2.45) is 0 Å². The molecular formula is C17H16N2O2S. The van der Waals surface area contributed by atoms with Gasteiger partial charge in [0.15, 0.2) is 11.2 Å². The Bertz CT molecular complexity index is 780. The zero-order chi connectivity index (χ0) is 15.5. The first-order valence-electron chi connectivity index (χ1n) is 7.02. The molecule has 2 aromatic carbocycles. The molecule has 22 heavy (non-hydrogen) atoms. The maximum atomic E-state index is 12.2. The highest BCUT2D eigenvalue weighted by molar-refractivity contribution is 7.22. The summed E-state index contributed by atoms with van der Waals surface area (Å²) in [6.45, 7) is 3.68. The van der Waals surface area contributed by atoms with E-state index in [-0.39, 0.29) is 5.91 Å². The number of ether oxygens (including phenoxy) is 1. The Morgan fingerprint density at radius 2 is 1.91 bits per heavy atom. The zero-order valence-electron chi connectivity index (χ0n) is 12.4. The predicted molar refractivity (Wildman–Crippen MR) is 89.5 cm³/mol. The van der Waals surface area contributed by atoms with Gasteiger partial charge in [0.25, 0.3) is 5.91 Å². The largest absolute Gasteiger partial charge is 0.481 e. The van der Waals surface area contributed by atoms with E-state index in [2.05, 4.69) is 10.3 Å². The van der Waals surface area contributed by atoms with Crippen molar-refractivity contribution in [3.05, 3.63) is 54.1 Å². The lowest BCUT2D eigenvalue weighted by Crippen LogP contribution is -2.30. The second-order valence-corrected chi connectivity index (χ2v) is 6.03. The zero-order valence-corrected chi connectivity index (χ0v) is 13.2. The van der Waals surface area contributed by atoms with Gasteiger partial charge in [0.2, 0.25) is 0 Å². The van der Waals surface area contributed by atoms with Gasteiger partial charge < -0.3 is 4.74 Å². The molecule has 1 unspecified atom stereocenters. The van der Waals surface area contributed by atoms with Crippen LogP contribution < -0.4 is 10.1 Å². The number of nitrogens with zero attached hydrogens (tertiary/aromatic N) is 1. The molecule has 1 N–H and O–H groups in total. The summed E-state index contributed by atoms with van der Waals surface area (Å²) in [5.74, 6) is 0.511. The molecule has 0 radical (unpaired) electrons. The molecule has 0 aliphatic rings. The molecule has 0 bridgehead atoms. The molecule has 0 aliphatic carbocycles. The van der Waals surface area contributed by atoms with Crippen LogP contribution in [0.5, 0.6) is 5.75 Å². The number of nitrogens with one attached hydrogen (secondary N) is 1. The maximum absolute atomic E-state index is 12.2. The van der Waals surface area contributed by atoms with Gasteiger partial charge in [-0.05, 0) is 37.6 Å². The number of thiazole rings is 1. The van der Waals surface area contributed by atoms with Gasteiger partial charge in [0.05, 0.1) is 10.2 Å². The Kier molecular flexibility index (Phi) is 4.06. The molecule has 3 aromatic rings. The molecule has 0 saturated heterocycles. The first-order chi connectivity index (χ1) is 10.6. The van der Waals surface area contributed by atoms with Crippen LogP contribution in [0.4, 0.5) is 5.13 Å². The summed E-state index contributed by atoms with van der Waals surface area (Å²) in [5.41, 5.74) is 1.89. The van der Waals surface area contributed by atoms with Crippen molar-refractivity contribution >= 4 is 32.6 Å². The number of carbonyl (C=O) groups is 1. The number of benzene rings is 2. The first kappa shape index (κ1) is 14.5.